The molecule has 1 saturated heterocycles. The Labute approximate surface area is 82.8 Å². The quantitative estimate of drug-likeness (QED) is 0.710. The van der Waals surface area contributed by atoms with Crippen molar-refractivity contribution < 1.29 is 9.50 Å². The molecule has 1 aromatic rings. The molecular weight excluding hydrogens is 181 g/mol. The van der Waals surface area contributed by atoms with Crippen molar-refractivity contribution in [1.82, 2.24) is 5.32 Å². The van der Waals surface area contributed by atoms with Crippen LogP contribution < -0.4 is 5.32 Å². The smallest absolute Gasteiger partial charge is 0.123 e. The van der Waals surface area contributed by atoms with Crippen LogP contribution in [-0.2, 0) is 5.54 Å². The second kappa shape index (κ2) is 3.33. The molecule has 0 saturated carbocycles. The third-order valence-electron chi connectivity index (χ3n) is 3.00. The number of hydrogen-bond acceptors (Lipinski definition) is 2. The molecule has 2 atom stereocenters. The highest BCUT2D eigenvalue weighted by Gasteiger charge is 2.38. The zero-order valence-electron chi connectivity index (χ0n) is 8.13. The van der Waals surface area contributed by atoms with E-state index in [1.165, 1.54) is 12.1 Å². The van der Waals surface area contributed by atoms with Crippen LogP contribution in [0.1, 0.15) is 18.9 Å². The Morgan fingerprint density at radius 1 is 1.57 bits per heavy atom. The summed E-state index contributed by atoms with van der Waals surface area (Å²) in [5.74, 6) is -0.260. The summed E-state index contributed by atoms with van der Waals surface area (Å²) in [5.41, 5.74) is 0.310. The van der Waals surface area contributed by atoms with Gasteiger partial charge >= 0.3 is 0 Å². The molecule has 0 spiro atoms. The van der Waals surface area contributed by atoms with Crippen molar-refractivity contribution in [3.05, 3.63) is 35.6 Å². The van der Waals surface area contributed by atoms with E-state index < -0.39 is 11.6 Å². The molecule has 0 aliphatic carbocycles. The third kappa shape index (κ3) is 1.42. The molecule has 2 nitrogen and oxygen atoms in total. The van der Waals surface area contributed by atoms with Crippen molar-refractivity contribution in [3.63, 3.8) is 0 Å². The molecule has 1 aliphatic rings. The first-order valence-electron chi connectivity index (χ1n) is 4.82. The van der Waals surface area contributed by atoms with E-state index in [2.05, 4.69) is 5.32 Å². The average molecular weight is 195 g/mol. The fourth-order valence-electron chi connectivity index (χ4n) is 1.98. The van der Waals surface area contributed by atoms with E-state index in [0.717, 1.165) is 12.1 Å². The van der Waals surface area contributed by atoms with Gasteiger partial charge in [0.25, 0.3) is 0 Å². The van der Waals surface area contributed by atoms with Crippen LogP contribution in [0.4, 0.5) is 4.39 Å². The van der Waals surface area contributed by atoms with Crippen molar-refractivity contribution in [3.8, 4) is 0 Å². The number of aliphatic hydroxyl groups is 1. The number of aliphatic hydroxyl groups excluding tert-OH is 1. The summed E-state index contributed by atoms with van der Waals surface area (Å²) in [4.78, 5) is 0. The van der Waals surface area contributed by atoms with E-state index >= 15 is 0 Å². The molecule has 3 heteroatoms. The number of halogens is 1. The normalized spacial score (nSPS) is 32.1. The van der Waals surface area contributed by atoms with Gasteiger partial charge in [-0.2, -0.15) is 0 Å². The van der Waals surface area contributed by atoms with Gasteiger partial charge in [-0.1, -0.05) is 12.1 Å². The van der Waals surface area contributed by atoms with Crippen molar-refractivity contribution in [1.29, 1.82) is 0 Å². The maximum atomic E-state index is 13.0. The minimum absolute atomic E-state index is 0.260. The molecule has 0 bridgehead atoms. The largest absolute Gasteiger partial charge is 0.391 e. The molecule has 0 amide bonds. The molecule has 1 heterocycles. The Balaban J connectivity index is 2.38. The van der Waals surface area contributed by atoms with Gasteiger partial charge in [-0.3, -0.25) is 0 Å². The second-order valence-electron chi connectivity index (χ2n) is 3.94. The molecule has 2 unspecified atom stereocenters. The van der Waals surface area contributed by atoms with Crippen LogP contribution in [0.5, 0.6) is 0 Å². The maximum absolute atomic E-state index is 13.0. The summed E-state index contributed by atoms with van der Waals surface area (Å²) in [7, 11) is 0. The van der Waals surface area contributed by atoms with Crippen LogP contribution in [-0.4, -0.2) is 17.8 Å². The zero-order valence-corrected chi connectivity index (χ0v) is 8.13. The maximum Gasteiger partial charge on any atom is 0.123 e. The number of rotatable bonds is 1. The van der Waals surface area contributed by atoms with Crippen molar-refractivity contribution in [2.45, 2.75) is 25.0 Å². The zero-order chi connectivity index (χ0) is 10.2. The van der Waals surface area contributed by atoms with Crippen molar-refractivity contribution in [2.75, 3.05) is 6.54 Å². The van der Waals surface area contributed by atoms with Crippen LogP contribution in [0.3, 0.4) is 0 Å². The number of hydrogen-bond donors (Lipinski definition) is 2. The monoisotopic (exact) mass is 195 g/mol. The van der Waals surface area contributed by atoms with Gasteiger partial charge in [-0.25, -0.2) is 4.39 Å². The average Bonchev–Trinajstić information content (AvgIpc) is 2.49. The first-order chi connectivity index (χ1) is 6.63. The highest BCUT2D eigenvalue weighted by Crippen LogP contribution is 2.30. The van der Waals surface area contributed by atoms with E-state index in [4.69, 9.17) is 0 Å². The first kappa shape index (κ1) is 9.62. The van der Waals surface area contributed by atoms with Gasteiger partial charge in [0.15, 0.2) is 0 Å². The topological polar surface area (TPSA) is 32.3 Å². The molecule has 1 aromatic carbocycles. The highest BCUT2D eigenvalue weighted by molar-refractivity contribution is 5.27. The Morgan fingerprint density at radius 2 is 2.36 bits per heavy atom. The Kier molecular flexibility index (Phi) is 2.29. The van der Waals surface area contributed by atoms with Gasteiger partial charge < -0.3 is 10.4 Å². The number of benzene rings is 1. The molecule has 2 N–H and O–H groups in total. The fraction of sp³-hybridized carbons (Fsp3) is 0.455. The fourth-order valence-corrected chi connectivity index (χ4v) is 1.98. The van der Waals surface area contributed by atoms with E-state index in [1.807, 2.05) is 13.0 Å². The lowest BCUT2D eigenvalue weighted by Crippen LogP contribution is -2.41. The van der Waals surface area contributed by atoms with Crippen LogP contribution in [0, 0.1) is 5.82 Å². The van der Waals surface area contributed by atoms with E-state index in [1.54, 1.807) is 6.07 Å². The summed E-state index contributed by atoms with van der Waals surface area (Å²) < 4.78 is 13.0. The molecule has 14 heavy (non-hydrogen) atoms. The molecule has 1 fully saturated rings. The Morgan fingerprint density at radius 3 is 2.93 bits per heavy atom. The standard InChI is InChI=1S/C11H14FNO/c1-11(10(14)5-6-13-11)8-3-2-4-9(12)7-8/h2-4,7,10,13-14H,5-6H2,1H3. The summed E-state index contributed by atoms with van der Waals surface area (Å²) >= 11 is 0. The predicted molar refractivity (Wildman–Crippen MR) is 52.4 cm³/mol. The minimum atomic E-state index is -0.498. The van der Waals surface area contributed by atoms with Gasteiger partial charge in [0.1, 0.15) is 5.82 Å². The lowest BCUT2D eigenvalue weighted by Gasteiger charge is -2.29. The summed E-state index contributed by atoms with van der Waals surface area (Å²) in [6.07, 6.45) is 0.275. The molecular formula is C11H14FNO. The van der Waals surface area contributed by atoms with E-state index in [9.17, 15) is 9.50 Å². The van der Waals surface area contributed by atoms with Crippen LogP contribution in [0.25, 0.3) is 0 Å². The van der Waals surface area contributed by atoms with Crippen molar-refractivity contribution >= 4 is 0 Å². The van der Waals surface area contributed by atoms with Gasteiger partial charge in [0.05, 0.1) is 11.6 Å². The summed E-state index contributed by atoms with van der Waals surface area (Å²) in [6, 6.07) is 6.39. The van der Waals surface area contributed by atoms with Gasteiger partial charge in [-0.05, 0) is 37.6 Å². The van der Waals surface area contributed by atoms with Gasteiger partial charge in [0, 0.05) is 0 Å². The molecule has 1 aliphatic heterocycles. The Bertz CT molecular complexity index is 342. The van der Waals surface area contributed by atoms with E-state index in [0.29, 0.717) is 6.42 Å². The van der Waals surface area contributed by atoms with E-state index in [-0.39, 0.29) is 5.82 Å². The summed E-state index contributed by atoms with van der Waals surface area (Å²) in [6.45, 7) is 2.67. The first-order valence-corrected chi connectivity index (χ1v) is 4.82. The molecule has 0 aromatic heterocycles. The molecule has 2 rings (SSSR count). The molecule has 0 radical (unpaired) electrons. The van der Waals surface area contributed by atoms with Crippen molar-refractivity contribution in [2.24, 2.45) is 0 Å². The van der Waals surface area contributed by atoms with Crippen LogP contribution in [0.2, 0.25) is 0 Å². The molecule has 76 valence electrons. The second-order valence-corrected chi connectivity index (χ2v) is 3.94. The third-order valence-corrected chi connectivity index (χ3v) is 3.00. The number of nitrogens with one attached hydrogen (secondary N) is 1. The minimum Gasteiger partial charge on any atom is -0.391 e. The van der Waals surface area contributed by atoms with Crippen LogP contribution in [0.15, 0.2) is 24.3 Å². The Hall–Kier alpha value is -0.930. The highest BCUT2D eigenvalue weighted by atomic mass is 19.1. The lowest BCUT2D eigenvalue weighted by molar-refractivity contribution is 0.107. The van der Waals surface area contributed by atoms with Gasteiger partial charge in [-0.15, -0.1) is 0 Å². The summed E-state index contributed by atoms with van der Waals surface area (Å²) in [5, 5.41) is 13.0. The lowest BCUT2D eigenvalue weighted by atomic mass is 9.88. The van der Waals surface area contributed by atoms with Crippen LogP contribution >= 0.6 is 0 Å². The van der Waals surface area contributed by atoms with Gasteiger partial charge in [0.2, 0.25) is 0 Å². The predicted octanol–water partition coefficient (Wildman–Crippen LogP) is 1.40. The SMILES string of the molecule is CC1(c2cccc(F)c2)NCCC1O.